The molecule has 130 valence electrons. The molecule has 1 atom stereocenters. The Morgan fingerprint density at radius 3 is 2.48 bits per heavy atom. The van der Waals surface area contributed by atoms with Gasteiger partial charge in [-0.15, -0.1) is 10.2 Å². The number of ether oxygens (including phenoxy) is 1. The molecule has 0 aliphatic rings. The molecule has 2 aromatic heterocycles. The number of benzene rings is 1. The lowest BCUT2D eigenvalue weighted by molar-refractivity contribution is 0.116. The van der Waals surface area contributed by atoms with E-state index in [1.807, 2.05) is 0 Å². The minimum Gasteiger partial charge on any atom is -0.455 e. The molecule has 1 unspecified atom stereocenters. The van der Waals surface area contributed by atoms with Crippen molar-refractivity contribution in [3.8, 4) is 17.5 Å². The Balaban J connectivity index is 1.76. The van der Waals surface area contributed by atoms with Crippen molar-refractivity contribution in [2.24, 2.45) is 0 Å². The topological polar surface area (TPSA) is 73.9 Å². The van der Waals surface area contributed by atoms with Crippen molar-refractivity contribution < 1.29 is 22.3 Å². The highest BCUT2D eigenvalue weighted by Crippen LogP contribution is 2.29. The van der Waals surface area contributed by atoms with Gasteiger partial charge in [0, 0.05) is 18.0 Å². The summed E-state index contributed by atoms with van der Waals surface area (Å²) in [6.07, 6.45) is -1.08. The number of rotatable bonds is 5. The van der Waals surface area contributed by atoms with Crippen molar-refractivity contribution in [2.45, 2.75) is 19.5 Å². The first-order valence-electron chi connectivity index (χ1n) is 7.00. The van der Waals surface area contributed by atoms with Crippen LogP contribution in [0.25, 0.3) is 11.5 Å². The summed E-state index contributed by atoms with van der Waals surface area (Å²) < 4.78 is 49.0. The Morgan fingerprint density at radius 1 is 1.16 bits per heavy atom. The minimum atomic E-state index is -2.86. The molecule has 0 saturated carbocycles. The quantitative estimate of drug-likeness (QED) is 0.663. The van der Waals surface area contributed by atoms with E-state index in [0.29, 0.717) is 0 Å². The van der Waals surface area contributed by atoms with Gasteiger partial charge in [-0.3, -0.25) is 0 Å². The van der Waals surface area contributed by atoms with Crippen molar-refractivity contribution in [3.63, 3.8) is 0 Å². The fraction of sp³-hybridized carbons (Fsp3) is 0.200. The highest BCUT2D eigenvalue weighted by atomic mass is 35.5. The summed E-state index contributed by atoms with van der Waals surface area (Å²) in [6, 6.07) is 4.24. The number of alkyl halides is 2. The van der Waals surface area contributed by atoms with Crippen LogP contribution >= 0.6 is 11.6 Å². The zero-order valence-corrected chi connectivity index (χ0v) is 13.4. The molecule has 2 heterocycles. The summed E-state index contributed by atoms with van der Waals surface area (Å²) in [7, 11) is 0. The van der Waals surface area contributed by atoms with E-state index < -0.39 is 24.2 Å². The van der Waals surface area contributed by atoms with Gasteiger partial charge in [-0.25, -0.2) is 14.4 Å². The molecule has 1 aromatic carbocycles. The predicted molar refractivity (Wildman–Crippen MR) is 80.7 cm³/mol. The lowest BCUT2D eigenvalue weighted by Gasteiger charge is -2.15. The Labute approximate surface area is 144 Å². The second-order valence-electron chi connectivity index (χ2n) is 4.90. The van der Waals surface area contributed by atoms with Crippen molar-refractivity contribution in [2.75, 3.05) is 0 Å². The first kappa shape index (κ1) is 17.2. The standard InChI is InChI=1S/C15H10ClF3N4O2/c1-7(11-9(16)3-2-4-10(11)17)24-15-20-5-8(6-21-15)13-22-23-14(25-13)12(18)19/h2-7,12H,1H3. The Bertz CT molecular complexity index is 853. The largest absolute Gasteiger partial charge is 0.455 e. The van der Waals surface area contributed by atoms with E-state index in [9.17, 15) is 13.2 Å². The molecule has 0 aliphatic carbocycles. The van der Waals surface area contributed by atoms with Crippen LogP contribution in [0.2, 0.25) is 5.02 Å². The first-order chi connectivity index (χ1) is 12.0. The van der Waals surface area contributed by atoms with Crippen LogP contribution in [0.4, 0.5) is 13.2 Å². The summed E-state index contributed by atoms with van der Waals surface area (Å²) in [4.78, 5) is 7.84. The maximum absolute atomic E-state index is 13.9. The highest BCUT2D eigenvalue weighted by molar-refractivity contribution is 6.31. The third-order valence-electron chi connectivity index (χ3n) is 3.19. The lowest BCUT2D eigenvalue weighted by atomic mass is 10.1. The highest BCUT2D eigenvalue weighted by Gasteiger charge is 2.19. The van der Waals surface area contributed by atoms with Gasteiger partial charge in [0.25, 0.3) is 11.8 Å². The van der Waals surface area contributed by atoms with E-state index in [1.54, 1.807) is 13.0 Å². The van der Waals surface area contributed by atoms with Gasteiger partial charge < -0.3 is 9.15 Å². The normalized spacial score (nSPS) is 12.4. The van der Waals surface area contributed by atoms with Crippen LogP contribution in [0.1, 0.15) is 30.9 Å². The van der Waals surface area contributed by atoms with Gasteiger partial charge in [0.1, 0.15) is 11.9 Å². The first-order valence-corrected chi connectivity index (χ1v) is 7.38. The van der Waals surface area contributed by atoms with Gasteiger partial charge >= 0.3 is 12.4 Å². The molecule has 6 nitrogen and oxygen atoms in total. The molecule has 0 amide bonds. The fourth-order valence-corrected chi connectivity index (χ4v) is 2.36. The molecule has 0 saturated heterocycles. The van der Waals surface area contributed by atoms with Crippen molar-refractivity contribution in [1.29, 1.82) is 0 Å². The van der Waals surface area contributed by atoms with Gasteiger partial charge in [-0.05, 0) is 19.1 Å². The zero-order chi connectivity index (χ0) is 18.0. The number of halogens is 4. The molecule has 0 radical (unpaired) electrons. The molecular weight excluding hydrogens is 361 g/mol. The molecule has 0 aliphatic heterocycles. The summed E-state index contributed by atoms with van der Waals surface area (Å²) in [6.45, 7) is 1.59. The Morgan fingerprint density at radius 2 is 1.88 bits per heavy atom. The molecule has 3 aromatic rings. The summed E-state index contributed by atoms with van der Waals surface area (Å²) in [5, 5.41) is 6.91. The van der Waals surface area contributed by atoms with Crippen LogP contribution in [0.5, 0.6) is 6.01 Å². The molecular formula is C15H10ClF3N4O2. The number of nitrogens with zero attached hydrogens (tertiary/aromatic N) is 4. The smallest absolute Gasteiger partial charge is 0.316 e. The minimum absolute atomic E-state index is 0.0517. The van der Waals surface area contributed by atoms with E-state index in [2.05, 4.69) is 20.2 Å². The molecule has 0 spiro atoms. The lowest BCUT2D eigenvalue weighted by Crippen LogP contribution is -2.08. The van der Waals surface area contributed by atoms with E-state index in [1.165, 1.54) is 24.5 Å². The summed E-state index contributed by atoms with van der Waals surface area (Å²) in [5.74, 6) is -1.45. The van der Waals surface area contributed by atoms with E-state index in [4.69, 9.17) is 20.8 Å². The van der Waals surface area contributed by atoms with Crippen LogP contribution in [0.3, 0.4) is 0 Å². The van der Waals surface area contributed by atoms with Gasteiger partial charge in [0.2, 0.25) is 0 Å². The van der Waals surface area contributed by atoms with Gasteiger partial charge in [0.05, 0.1) is 10.6 Å². The van der Waals surface area contributed by atoms with Crippen LogP contribution in [-0.4, -0.2) is 20.2 Å². The van der Waals surface area contributed by atoms with E-state index in [-0.39, 0.29) is 28.1 Å². The molecule has 0 bridgehead atoms. The van der Waals surface area contributed by atoms with Crippen LogP contribution in [0, 0.1) is 5.82 Å². The second-order valence-corrected chi connectivity index (χ2v) is 5.30. The van der Waals surface area contributed by atoms with Crippen LogP contribution in [-0.2, 0) is 0 Å². The molecule has 10 heteroatoms. The average Bonchev–Trinajstić information content (AvgIpc) is 3.05. The molecule has 0 fully saturated rings. The number of hydrogen-bond acceptors (Lipinski definition) is 6. The third-order valence-corrected chi connectivity index (χ3v) is 3.52. The Kier molecular flexibility index (Phi) is 4.84. The van der Waals surface area contributed by atoms with E-state index >= 15 is 0 Å². The zero-order valence-electron chi connectivity index (χ0n) is 12.7. The van der Waals surface area contributed by atoms with Gasteiger partial charge in [-0.2, -0.15) is 8.78 Å². The number of aromatic nitrogens is 4. The fourth-order valence-electron chi connectivity index (χ4n) is 2.04. The maximum atomic E-state index is 13.9. The Hall–Kier alpha value is -2.68. The van der Waals surface area contributed by atoms with Crippen molar-refractivity contribution >= 4 is 11.6 Å². The maximum Gasteiger partial charge on any atom is 0.316 e. The molecule has 3 rings (SSSR count). The van der Waals surface area contributed by atoms with Gasteiger partial charge in [-0.1, -0.05) is 17.7 Å². The van der Waals surface area contributed by atoms with E-state index in [0.717, 1.165) is 0 Å². The van der Waals surface area contributed by atoms with Crippen molar-refractivity contribution in [1.82, 2.24) is 20.2 Å². The number of hydrogen-bond donors (Lipinski definition) is 0. The average molecular weight is 371 g/mol. The SMILES string of the molecule is CC(Oc1ncc(-c2nnc(C(F)F)o2)cn1)c1c(F)cccc1Cl. The van der Waals surface area contributed by atoms with Crippen molar-refractivity contribution in [3.05, 3.63) is 52.9 Å². The van der Waals surface area contributed by atoms with Gasteiger partial charge in [0.15, 0.2) is 0 Å². The summed E-state index contributed by atoms with van der Waals surface area (Å²) >= 11 is 5.97. The molecule has 0 N–H and O–H groups in total. The van der Waals surface area contributed by atoms with Crippen LogP contribution in [0.15, 0.2) is 35.0 Å². The van der Waals surface area contributed by atoms with Crippen LogP contribution < -0.4 is 4.74 Å². The monoisotopic (exact) mass is 370 g/mol. The third kappa shape index (κ3) is 3.71. The molecule has 25 heavy (non-hydrogen) atoms. The predicted octanol–water partition coefficient (Wildman–Crippen LogP) is 4.40. The second kappa shape index (κ2) is 7.06. The summed E-state index contributed by atoms with van der Waals surface area (Å²) in [5.41, 5.74) is 0.415.